The van der Waals surface area contributed by atoms with Crippen molar-refractivity contribution in [2.75, 3.05) is 13.2 Å². The van der Waals surface area contributed by atoms with Crippen molar-refractivity contribution in [2.45, 2.75) is 0 Å². The number of fused-ring (bicyclic) bond motifs is 1. The SMILES string of the molecule is c1ccc(P(c2ccccc2)c2ccc3c(c2)OCCO3)cc1. The van der Waals surface area contributed by atoms with Crippen LogP contribution in [-0.2, 0) is 0 Å². The number of ether oxygens (including phenoxy) is 2. The molecule has 0 atom stereocenters. The Balaban J connectivity index is 1.82. The Morgan fingerprint density at radius 3 is 1.74 bits per heavy atom. The van der Waals surface area contributed by atoms with E-state index in [0.29, 0.717) is 13.2 Å². The van der Waals surface area contributed by atoms with E-state index in [4.69, 9.17) is 9.47 Å². The Morgan fingerprint density at radius 1 is 0.565 bits per heavy atom. The van der Waals surface area contributed by atoms with Gasteiger partial charge in [0.05, 0.1) is 0 Å². The summed E-state index contributed by atoms with van der Waals surface area (Å²) in [5, 5.41) is 3.96. The van der Waals surface area contributed by atoms with Crippen LogP contribution < -0.4 is 25.4 Å². The van der Waals surface area contributed by atoms with Crippen molar-refractivity contribution in [1.82, 2.24) is 0 Å². The van der Waals surface area contributed by atoms with Crippen LogP contribution in [0.3, 0.4) is 0 Å². The van der Waals surface area contributed by atoms with E-state index in [0.717, 1.165) is 11.5 Å². The average molecular weight is 320 g/mol. The van der Waals surface area contributed by atoms with Gasteiger partial charge in [-0.05, 0) is 42.0 Å². The second-order valence-electron chi connectivity index (χ2n) is 5.33. The van der Waals surface area contributed by atoms with Crippen LogP contribution in [0.2, 0.25) is 0 Å². The van der Waals surface area contributed by atoms with Gasteiger partial charge in [0, 0.05) is 0 Å². The maximum atomic E-state index is 5.77. The molecule has 3 aromatic rings. The summed E-state index contributed by atoms with van der Waals surface area (Å²) in [4.78, 5) is 0. The molecule has 3 aromatic carbocycles. The van der Waals surface area contributed by atoms with Crippen LogP contribution in [0.1, 0.15) is 0 Å². The summed E-state index contributed by atoms with van der Waals surface area (Å²) in [5.41, 5.74) is 0. The minimum atomic E-state index is -0.597. The lowest BCUT2D eigenvalue weighted by atomic mass is 10.3. The zero-order chi connectivity index (χ0) is 15.5. The van der Waals surface area contributed by atoms with Gasteiger partial charge in [-0.1, -0.05) is 60.7 Å². The molecule has 0 radical (unpaired) electrons. The van der Waals surface area contributed by atoms with Crippen LogP contribution in [0.5, 0.6) is 11.5 Å². The molecular formula is C20H17O2P. The molecule has 0 spiro atoms. The van der Waals surface area contributed by atoms with E-state index in [9.17, 15) is 0 Å². The molecule has 0 fully saturated rings. The standard InChI is InChI=1S/C20H17O2P/c1-3-7-16(8-4-1)23(17-9-5-2-6-10-17)18-11-12-19-20(15-18)22-14-13-21-19/h1-12,15H,13-14H2. The van der Waals surface area contributed by atoms with Gasteiger partial charge in [-0.15, -0.1) is 0 Å². The molecule has 0 saturated heterocycles. The van der Waals surface area contributed by atoms with E-state index < -0.39 is 7.92 Å². The summed E-state index contributed by atoms with van der Waals surface area (Å²) >= 11 is 0. The Morgan fingerprint density at radius 2 is 1.13 bits per heavy atom. The van der Waals surface area contributed by atoms with Gasteiger partial charge in [-0.25, -0.2) is 0 Å². The fourth-order valence-corrected chi connectivity index (χ4v) is 5.08. The van der Waals surface area contributed by atoms with Gasteiger partial charge in [-0.2, -0.15) is 0 Å². The highest BCUT2D eigenvalue weighted by Gasteiger charge is 2.19. The zero-order valence-corrected chi connectivity index (χ0v) is 13.6. The fraction of sp³-hybridized carbons (Fsp3) is 0.100. The van der Waals surface area contributed by atoms with E-state index in [1.807, 2.05) is 6.07 Å². The molecule has 0 saturated carbocycles. The van der Waals surface area contributed by atoms with Crippen LogP contribution in [0.25, 0.3) is 0 Å². The van der Waals surface area contributed by atoms with Crippen LogP contribution >= 0.6 is 7.92 Å². The fourth-order valence-electron chi connectivity index (χ4n) is 2.77. The van der Waals surface area contributed by atoms with Crippen molar-refractivity contribution in [3.05, 3.63) is 78.9 Å². The van der Waals surface area contributed by atoms with E-state index in [1.54, 1.807) is 0 Å². The summed E-state index contributed by atoms with van der Waals surface area (Å²) < 4.78 is 11.4. The van der Waals surface area contributed by atoms with Crippen LogP contribution in [0.15, 0.2) is 78.9 Å². The predicted molar refractivity (Wildman–Crippen MR) is 96.1 cm³/mol. The van der Waals surface area contributed by atoms with Gasteiger partial charge in [-0.3, -0.25) is 0 Å². The van der Waals surface area contributed by atoms with Crippen molar-refractivity contribution in [3.63, 3.8) is 0 Å². The minimum Gasteiger partial charge on any atom is -0.486 e. The highest BCUT2D eigenvalue weighted by molar-refractivity contribution is 7.79. The highest BCUT2D eigenvalue weighted by atomic mass is 31.1. The maximum Gasteiger partial charge on any atom is 0.162 e. The molecular weight excluding hydrogens is 303 g/mol. The second kappa shape index (κ2) is 6.44. The first-order valence-electron chi connectivity index (χ1n) is 7.72. The lowest BCUT2D eigenvalue weighted by molar-refractivity contribution is 0.172. The predicted octanol–water partition coefficient (Wildman–Crippen LogP) is 3.22. The third-order valence-electron chi connectivity index (χ3n) is 3.81. The topological polar surface area (TPSA) is 18.5 Å². The first-order valence-corrected chi connectivity index (χ1v) is 9.06. The molecule has 1 aliphatic rings. The first kappa shape index (κ1) is 14.3. The summed E-state index contributed by atoms with van der Waals surface area (Å²) in [6.45, 7) is 1.24. The molecule has 0 N–H and O–H groups in total. The zero-order valence-electron chi connectivity index (χ0n) is 12.7. The van der Waals surface area contributed by atoms with Crippen LogP contribution in [0.4, 0.5) is 0 Å². The number of benzene rings is 3. The van der Waals surface area contributed by atoms with Gasteiger partial charge < -0.3 is 9.47 Å². The molecule has 0 bridgehead atoms. The summed E-state index contributed by atoms with van der Waals surface area (Å²) in [7, 11) is -0.597. The van der Waals surface area contributed by atoms with E-state index in [1.165, 1.54) is 15.9 Å². The van der Waals surface area contributed by atoms with Crippen LogP contribution in [-0.4, -0.2) is 13.2 Å². The Labute approximate surface area is 137 Å². The van der Waals surface area contributed by atoms with Crippen LogP contribution in [0, 0.1) is 0 Å². The molecule has 0 aromatic heterocycles. The average Bonchev–Trinajstić information content (AvgIpc) is 2.64. The summed E-state index contributed by atoms with van der Waals surface area (Å²) in [6, 6.07) is 27.7. The summed E-state index contributed by atoms with van der Waals surface area (Å²) in [6.07, 6.45) is 0. The van der Waals surface area contributed by atoms with Gasteiger partial charge in [0.1, 0.15) is 13.2 Å². The molecule has 1 heterocycles. The number of hydrogen-bond donors (Lipinski definition) is 0. The van der Waals surface area contributed by atoms with Crippen molar-refractivity contribution >= 4 is 23.8 Å². The van der Waals surface area contributed by atoms with Gasteiger partial charge in [0.25, 0.3) is 0 Å². The molecule has 3 heteroatoms. The highest BCUT2D eigenvalue weighted by Crippen LogP contribution is 2.37. The minimum absolute atomic E-state index is 0.597. The lowest BCUT2D eigenvalue weighted by Crippen LogP contribution is -2.22. The molecule has 0 unspecified atom stereocenters. The first-order chi connectivity index (χ1) is 11.4. The van der Waals surface area contributed by atoms with Gasteiger partial charge >= 0.3 is 0 Å². The quantitative estimate of drug-likeness (QED) is 0.690. The van der Waals surface area contributed by atoms with Crippen molar-refractivity contribution < 1.29 is 9.47 Å². The normalized spacial score (nSPS) is 13.1. The molecule has 1 aliphatic heterocycles. The van der Waals surface area contributed by atoms with E-state index in [2.05, 4.69) is 72.8 Å². The molecule has 0 aliphatic carbocycles. The van der Waals surface area contributed by atoms with E-state index >= 15 is 0 Å². The Hall–Kier alpha value is -2.31. The maximum absolute atomic E-state index is 5.77. The summed E-state index contributed by atoms with van der Waals surface area (Å²) in [5.74, 6) is 1.70. The Bertz CT molecular complexity index is 748. The second-order valence-corrected chi connectivity index (χ2v) is 7.55. The number of hydrogen-bond acceptors (Lipinski definition) is 2. The van der Waals surface area contributed by atoms with Crippen molar-refractivity contribution in [3.8, 4) is 11.5 Å². The molecule has 114 valence electrons. The molecule has 23 heavy (non-hydrogen) atoms. The molecule has 2 nitrogen and oxygen atoms in total. The Kier molecular flexibility index (Phi) is 4.00. The largest absolute Gasteiger partial charge is 0.486 e. The van der Waals surface area contributed by atoms with Gasteiger partial charge in [0.2, 0.25) is 0 Å². The third kappa shape index (κ3) is 2.95. The number of rotatable bonds is 3. The van der Waals surface area contributed by atoms with Gasteiger partial charge in [0.15, 0.2) is 11.5 Å². The molecule has 0 amide bonds. The van der Waals surface area contributed by atoms with E-state index in [-0.39, 0.29) is 0 Å². The molecule has 4 rings (SSSR count). The third-order valence-corrected chi connectivity index (χ3v) is 6.24. The smallest absolute Gasteiger partial charge is 0.162 e. The lowest BCUT2D eigenvalue weighted by Gasteiger charge is -2.23. The van der Waals surface area contributed by atoms with Crippen molar-refractivity contribution in [1.29, 1.82) is 0 Å². The monoisotopic (exact) mass is 320 g/mol. The van der Waals surface area contributed by atoms with Crippen molar-refractivity contribution in [2.24, 2.45) is 0 Å².